The van der Waals surface area contributed by atoms with E-state index < -0.39 is 0 Å². The van der Waals surface area contributed by atoms with Gasteiger partial charge < -0.3 is 9.32 Å². The molecule has 0 spiro atoms. The molecule has 1 aliphatic rings. The molecule has 1 saturated heterocycles. The van der Waals surface area contributed by atoms with Gasteiger partial charge in [-0.05, 0) is 31.4 Å². The van der Waals surface area contributed by atoms with Gasteiger partial charge in [-0.2, -0.15) is 0 Å². The lowest BCUT2D eigenvalue weighted by Gasteiger charge is -2.21. The van der Waals surface area contributed by atoms with Crippen molar-refractivity contribution in [1.82, 2.24) is 4.90 Å². The molecule has 15 heavy (non-hydrogen) atoms. The number of halogens is 1. The number of amides is 1. The Kier molecular flexibility index (Phi) is 3.00. The Morgan fingerprint density at radius 2 is 2.53 bits per heavy atom. The third-order valence-electron chi connectivity index (χ3n) is 2.77. The zero-order valence-electron chi connectivity index (χ0n) is 8.70. The second-order valence-corrected chi connectivity index (χ2v) is 4.17. The number of alkyl halides is 1. The summed E-state index contributed by atoms with van der Waals surface area (Å²) in [6.07, 6.45) is 3.71. The van der Waals surface area contributed by atoms with Crippen molar-refractivity contribution < 1.29 is 9.21 Å². The van der Waals surface area contributed by atoms with Gasteiger partial charge in [-0.25, -0.2) is 0 Å². The van der Waals surface area contributed by atoms with Crippen LogP contribution in [0, 0.1) is 6.92 Å². The zero-order chi connectivity index (χ0) is 10.8. The van der Waals surface area contributed by atoms with E-state index in [2.05, 4.69) is 0 Å². The zero-order valence-corrected chi connectivity index (χ0v) is 9.46. The average molecular weight is 228 g/mol. The smallest absolute Gasteiger partial charge is 0.238 e. The molecule has 1 fully saturated rings. The predicted octanol–water partition coefficient (Wildman–Crippen LogP) is 2.49. The van der Waals surface area contributed by atoms with Crippen LogP contribution >= 0.6 is 11.6 Å². The van der Waals surface area contributed by atoms with Crippen molar-refractivity contribution in [2.45, 2.75) is 25.8 Å². The fourth-order valence-corrected chi connectivity index (χ4v) is 2.22. The van der Waals surface area contributed by atoms with Crippen LogP contribution in [0.5, 0.6) is 0 Å². The molecule has 4 heteroatoms. The molecule has 3 nitrogen and oxygen atoms in total. The molecule has 0 aliphatic carbocycles. The number of rotatable bonds is 2. The van der Waals surface area contributed by atoms with E-state index in [1.165, 1.54) is 0 Å². The van der Waals surface area contributed by atoms with Crippen LogP contribution in [0.4, 0.5) is 0 Å². The summed E-state index contributed by atoms with van der Waals surface area (Å²) in [6.45, 7) is 2.77. The van der Waals surface area contributed by atoms with Crippen molar-refractivity contribution in [3.05, 3.63) is 23.7 Å². The van der Waals surface area contributed by atoms with Gasteiger partial charge in [0.15, 0.2) is 0 Å². The molecule has 0 aromatic carbocycles. The minimum atomic E-state index is -0.00628. The summed E-state index contributed by atoms with van der Waals surface area (Å²) in [7, 11) is 0. The maximum absolute atomic E-state index is 11.6. The van der Waals surface area contributed by atoms with Crippen LogP contribution < -0.4 is 0 Å². The molecular weight excluding hydrogens is 214 g/mol. The quantitative estimate of drug-likeness (QED) is 0.728. The lowest BCUT2D eigenvalue weighted by atomic mass is 10.1. The standard InChI is InChI=1S/C11H14ClNO2/c1-8-5-10(15-7-8)9-3-2-4-13(9)11(14)6-12/h5,7,9H,2-4,6H2,1H3. The van der Waals surface area contributed by atoms with Gasteiger partial charge in [0, 0.05) is 6.54 Å². The Hall–Kier alpha value is -0.960. The lowest BCUT2D eigenvalue weighted by molar-refractivity contribution is -0.129. The monoisotopic (exact) mass is 227 g/mol. The normalized spacial score (nSPS) is 20.9. The first kappa shape index (κ1) is 10.6. The SMILES string of the molecule is Cc1coc(C2CCCN2C(=O)CCl)c1. The Balaban J connectivity index is 2.18. The number of furan rings is 1. The molecule has 0 bridgehead atoms. The van der Waals surface area contributed by atoms with E-state index in [1.807, 2.05) is 17.9 Å². The van der Waals surface area contributed by atoms with Gasteiger partial charge in [-0.3, -0.25) is 4.79 Å². The van der Waals surface area contributed by atoms with Crippen LogP contribution in [0.2, 0.25) is 0 Å². The second kappa shape index (κ2) is 4.27. The molecule has 1 aromatic heterocycles. The molecule has 82 valence electrons. The molecule has 0 radical (unpaired) electrons. The van der Waals surface area contributed by atoms with Crippen molar-refractivity contribution >= 4 is 17.5 Å². The number of aryl methyl sites for hydroxylation is 1. The summed E-state index contributed by atoms with van der Waals surface area (Å²) in [5, 5.41) is 0. The summed E-state index contributed by atoms with van der Waals surface area (Å²) in [5.41, 5.74) is 1.09. The summed E-state index contributed by atoms with van der Waals surface area (Å²) in [4.78, 5) is 13.4. The predicted molar refractivity (Wildman–Crippen MR) is 57.9 cm³/mol. The molecule has 1 atom stereocenters. The fraction of sp³-hybridized carbons (Fsp3) is 0.545. The van der Waals surface area contributed by atoms with Crippen LogP contribution in [-0.2, 0) is 4.79 Å². The van der Waals surface area contributed by atoms with Crippen LogP contribution in [0.25, 0.3) is 0 Å². The van der Waals surface area contributed by atoms with Crippen molar-refractivity contribution in [2.75, 3.05) is 12.4 Å². The molecule has 1 aromatic rings. The third kappa shape index (κ3) is 2.02. The lowest BCUT2D eigenvalue weighted by Crippen LogP contribution is -2.31. The molecule has 2 heterocycles. The molecule has 0 saturated carbocycles. The minimum Gasteiger partial charge on any atom is -0.467 e. The van der Waals surface area contributed by atoms with E-state index in [4.69, 9.17) is 16.0 Å². The van der Waals surface area contributed by atoms with E-state index in [1.54, 1.807) is 6.26 Å². The second-order valence-electron chi connectivity index (χ2n) is 3.91. The molecule has 0 N–H and O–H groups in total. The number of carbonyl (C=O) groups excluding carboxylic acids is 1. The van der Waals surface area contributed by atoms with E-state index in [-0.39, 0.29) is 17.8 Å². The van der Waals surface area contributed by atoms with Crippen molar-refractivity contribution in [3.63, 3.8) is 0 Å². The number of hydrogen-bond donors (Lipinski definition) is 0. The van der Waals surface area contributed by atoms with Crippen LogP contribution in [-0.4, -0.2) is 23.2 Å². The highest BCUT2D eigenvalue weighted by Gasteiger charge is 2.31. The first-order chi connectivity index (χ1) is 7.22. The highest BCUT2D eigenvalue weighted by Crippen LogP contribution is 2.32. The Bertz CT molecular complexity index is 361. The van der Waals surface area contributed by atoms with E-state index in [0.717, 1.165) is 30.7 Å². The first-order valence-electron chi connectivity index (χ1n) is 5.13. The summed E-state index contributed by atoms with van der Waals surface area (Å²) in [5.74, 6) is 0.924. The van der Waals surface area contributed by atoms with Gasteiger partial charge in [0.05, 0.1) is 12.3 Å². The maximum atomic E-state index is 11.6. The van der Waals surface area contributed by atoms with Crippen LogP contribution in [0.15, 0.2) is 16.7 Å². The van der Waals surface area contributed by atoms with Gasteiger partial charge in [-0.15, -0.1) is 11.6 Å². The van der Waals surface area contributed by atoms with Gasteiger partial charge in [0.1, 0.15) is 11.6 Å². The van der Waals surface area contributed by atoms with E-state index in [0.29, 0.717) is 0 Å². The first-order valence-corrected chi connectivity index (χ1v) is 5.66. The number of nitrogens with zero attached hydrogens (tertiary/aromatic N) is 1. The van der Waals surface area contributed by atoms with Crippen LogP contribution in [0.1, 0.15) is 30.2 Å². The van der Waals surface area contributed by atoms with Gasteiger partial charge in [-0.1, -0.05) is 0 Å². The number of likely N-dealkylation sites (tertiary alicyclic amines) is 1. The van der Waals surface area contributed by atoms with E-state index in [9.17, 15) is 4.79 Å². The van der Waals surface area contributed by atoms with Gasteiger partial charge in [0.2, 0.25) is 5.91 Å². The van der Waals surface area contributed by atoms with E-state index >= 15 is 0 Å². The average Bonchev–Trinajstić information content (AvgIpc) is 2.84. The molecule has 1 amide bonds. The summed E-state index contributed by atoms with van der Waals surface area (Å²) >= 11 is 5.57. The van der Waals surface area contributed by atoms with Crippen molar-refractivity contribution in [1.29, 1.82) is 0 Å². The highest BCUT2D eigenvalue weighted by molar-refractivity contribution is 6.27. The topological polar surface area (TPSA) is 33.5 Å². The summed E-state index contributed by atoms with van der Waals surface area (Å²) in [6, 6.07) is 2.08. The van der Waals surface area contributed by atoms with Crippen LogP contribution in [0.3, 0.4) is 0 Å². The fourth-order valence-electron chi connectivity index (χ4n) is 2.07. The Morgan fingerprint density at radius 1 is 1.73 bits per heavy atom. The molecular formula is C11H14ClNO2. The number of hydrogen-bond acceptors (Lipinski definition) is 2. The maximum Gasteiger partial charge on any atom is 0.238 e. The summed E-state index contributed by atoms with van der Waals surface area (Å²) < 4.78 is 5.44. The Labute approximate surface area is 94.0 Å². The van der Waals surface area contributed by atoms with Crippen molar-refractivity contribution in [2.24, 2.45) is 0 Å². The molecule has 1 aliphatic heterocycles. The Morgan fingerprint density at radius 3 is 3.13 bits per heavy atom. The van der Waals surface area contributed by atoms with Crippen molar-refractivity contribution in [3.8, 4) is 0 Å². The molecule has 1 unspecified atom stereocenters. The minimum absolute atomic E-state index is 0.00628. The highest BCUT2D eigenvalue weighted by atomic mass is 35.5. The molecule has 2 rings (SSSR count). The van der Waals surface area contributed by atoms with Gasteiger partial charge >= 0.3 is 0 Å². The van der Waals surface area contributed by atoms with Gasteiger partial charge in [0.25, 0.3) is 0 Å². The largest absolute Gasteiger partial charge is 0.467 e. The third-order valence-corrected chi connectivity index (χ3v) is 3.00. The number of carbonyl (C=O) groups is 1.